The Hall–Kier alpha value is -2.20. The standard InChI is InChI=1S/C22H26F5N3O2/c1-15(31)17-3-5-18(6-4-17)19-11-29-20(2,13-28-19)32-12-16-7-9-30(10-8-16)14-21(23,24)22(25,26)27/h3-6,11,16H,7-10,12-14H2,1-2H3. The monoisotopic (exact) mass is 459 g/mol. The maximum atomic E-state index is 13.2. The molecule has 0 saturated carbocycles. The minimum Gasteiger partial charge on any atom is -0.352 e. The predicted molar refractivity (Wildman–Crippen MR) is 111 cm³/mol. The van der Waals surface area contributed by atoms with Crippen LogP contribution in [-0.4, -0.2) is 73.2 Å². The van der Waals surface area contributed by atoms with Gasteiger partial charge in [0.15, 0.2) is 11.5 Å². The van der Waals surface area contributed by atoms with Crippen LogP contribution in [0.3, 0.4) is 0 Å². The van der Waals surface area contributed by atoms with Crippen molar-refractivity contribution in [1.29, 1.82) is 0 Å². The maximum absolute atomic E-state index is 13.2. The van der Waals surface area contributed by atoms with Gasteiger partial charge in [-0.15, -0.1) is 0 Å². The van der Waals surface area contributed by atoms with Crippen molar-refractivity contribution in [3.63, 3.8) is 0 Å². The predicted octanol–water partition coefficient (Wildman–Crippen LogP) is 4.41. The van der Waals surface area contributed by atoms with E-state index in [1.54, 1.807) is 37.4 Å². The molecule has 1 aromatic carbocycles. The van der Waals surface area contributed by atoms with E-state index in [1.165, 1.54) is 6.92 Å². The van der Waals surface area contributed by atoms with Gasteiger partial charge in [0.2, 0.25) is 0 Å². The van der Waals surface area contributed by atoms with Crippen LogP contribution >= 0.6 is 0 Å². The highest BCUT2D eigenvalue weighted by molar-refractivity contribution is 6.38. The van der Waals surface area contributed by atoms with E-state index < -0.39 is 24.4 Å². The molecule has 10 heteroatoms. The van der Waals surface area contributed by atoms with Gasteiger partial charge >= 0.3 is 12.1 Å². The Balaban J connectivity index is 1.46. The number of halogens is 5. The number of aliphatic imine (C=N–C) groups is 2. The number of piperidine rings is 1. The van der Waals surface area contributed by atoms with Gasteiger partial charge in [-0.3, -0.25) is 19.7 Å². The minimum absolute atomic E-state index is 0.0170. The third-order valence-corrected chi connectivity index (χ3v) is 5.76. The van der Waals surface area contributed by atoms with Gasteiger partial charge in [0.1, 0.15) is 0 Å². The van der Waals surface area contributed by atoms with Crippen molar-refractivity contribution < 1.29 is 31.5 Å². The Kier molecular flexibility index (Phi) is 7.14. The van der Waals surface area contributed by atoms with Gasteiger partial charge in [0.05, 0.1) is 31.6 Å². The zero-order valence-electron chi connectivity index (χ0n) is 18.0. The quantitative estimate of drug-likeness (QED) is 0.449. The van der Waals surface area contributed by atoms with Crippen molar-refractivity contribution >= 4 is 17.7 Å². The number of hydrogen-bond donors (Lipinski definition) is 0. The van der Waals surface area contributed by atoms with Crippen LogP contribution in [0.1, 0.15) is 42.6 Å². The summed E-state index contributed by atoms with van der Waals surface area (Å²) < 4.78 is 69.6. The zero-order chi connectivity index (χ0) is 23.6. The number of ether oxygens (including phenoxy) is 1. The van der Waals surface area contributed by atoms with E-state index in [2.05, 4.69) is 9.98 Å². The highest BCUT2D eigenvalue weighted by Gasteiger charge is 2.58. The Labute approximate surface area is 183 Å². The zero-order valence-corrected chi connectivity index (χ0v) is 18.0. The second-order valence-electron chi connectivity index (χ2n) is 8.50. The second-order valence-corrected chi connectivity index (χ2v) is 8.50. The summed E-state index contributed by atoms with van der Waals surface area (Å²) in [6, 6.07) is 7.08. The Morgan fingerprint density at radius 2 is 1.78 bits per heavy atom. The van der Waals surface area contributed by atoms with Crippen molar-refractivity contribution in [2.24, 2.45) is 15.9 Å². The molecule has 0 N–H and O–H groups in total. The highest BCUT2D eigenvalue weighted by atomic mass is 19.4. The van der Waals surface area contributed by atoms with E-state index in [0.29, 0.717) is 37.3 Å². The molecule has 5 nitrogen and oxygen atoms in total. The Morgan fingerprint density at radius 3 is 2.28 bits per heavy atom. The molecule has 32 heavy (non-hydrogen) atoms. The summed E-state index contributed by atoms with van der Waals surface area (Å²) in [7, 11) is 0. The molecular weight excluding hydrogens is 433 g/mol. The molecule has 1 atom stereocenters. The number of Topliss-reactive ketones (excluding diaryl/α,β-unsaturated/α-hetero) is 1. The van der Waals surface area contributed by atoms with Crippen molar-refractivity contribution in [3.05, 3.63) is 35.4 Å². The van der Waals surface area contributed by atoms with Crippen LogP contribution in [0.5, 0.6) is 0 Å². The summed E-state index contributed by atoms with van der Waals surface area (Å²) in [6.45, 7) is 2.94. The topological polar surface area (TPSA) is 54.3 Å². The van der Waals surface area contributed by atoms with E-state index in [0.717, 1.165) is 10.5 Å². The van der Waals surface area contributed by atoms with Gasteiger partial charge < -0.3 is 4.74 Å². The lowest BCUT2D eigenvalue weighted by atomic mass is 9.97. The Morgan fingerprint density at radius 1 is 1.16 bits per heavy atom. The lowest BCUT2D eigenvalue weighted by Crippen LogP contribution is -2.49. The van der Waals surface area contributed by atoms with Crippen LogP contribution in [0, 0.1) is 5.92 Å². The number of likely N-dealkylation sites (tertiary alicyclic amines) is 1. The fourth-order valence-electron chi connectivity index (χ4n) is 3.61. The fraction of sp³-hybridized carbons (Fsp3) is 0.591. The van der Waals surface area contributed by atoms with E-state index in [4.69, 9.17) is 4.74 Å². The number of carbonyl (C=O) groups is 1. The lowest BCUT2D eigenvalue weighted by molar-refractivity contribution is -0.287. The average molecular weight is 459 g/mol. The van der Waals surface area contributed by atoms with Crippen LogP contribution in [0.4, 0.5) is 22.0 Å². The van der Waals surface area contributed by atoms with E-state index in [-0.39, 0.29) is 24.8 Å². The molecule has 0 aromatic heterocycles. The summed E-state index contributed by atoms with van der Waals surface area (Å²) in [5, 5.41) is 0. The normalized spacial score (nSPS) is 23.3. The number of nitrogens with zero attached hydrogens (tertiary/aromatic N) is 3. The third kappa shape index (κ3) is 5.98. The van der Waals surface area contributed by atoms with Crippen molar-refractivity contribution in [1.82, 2.24) is 4.90 Å². The summed E-state index contributed by atoms with van der Waals surface area (Å²) in [6.07, 6.45) is -2.96. The van der Waals surface area contributed by atoms with Crippen molar-refractivity contribution in [2.45, 2.75) is 44.5 Å². The van der Waals surface area contributed by atoms with Crippen LogP contribution in [0.25, 0.3) is 0 Å². The number of alkyl halides is 5. The molecule has 0 spiro atoms. The number of rotatable bonds is 7. The highest BCUT2D eigenvalue weighted by Crippen LogP contribution is 2.36. The molecule has 1 fully saturated rings. The number of hydrogen-bond acceptors (Lipinski definition) is 5. The molecular formula is C22H26F5N3O2. The maximum Gasteiger partial charge on any atom is 0.454 e. The number of benzene rings is 1. The molecule has 0 aliphatic carbocycles. The number of ketones is 1. The SMILES string of the molecule is CC(=O)c1ccc(C2=NCC(C)(OCC3CCN(CC(F)(F)C(F)(F)F)CC3)N=C2)cc1. The summed E-state index contributed by atoms with van der Waals surface area (Å²) in [4.78, 5) is 21.5. The smallest absolute Gasteiger partial charge is 0.352 e. The molecule has 1 saturated heterocycles. The van der Waals surface area contributed by atoms with Crippen LogP contribution < -0.4 is 0 Å². The molecule has 2 aliphatic heterocycles. The lowest BCUT2D eigenvalue weighted by Gasteiger charge is -2.35. The van der Waals surface area contributed by atoms with E-state index in [9.17, 15) is 26.7 Å². The van der Waals surface area contributed by atoms with E-state index >= 15 is 0 Å². The number of carbonyl (C=O) groups excluding carboxylic acids is 1. The first kappa shape index (κ1) is 24.4. The van der Waals surface area contributed by atoms with Gasteiger partial charge in [-0.25, -0.2) is 0 Å². The van der Waals surface area contributed by atoms with Crippen LogP contribution in [-0.2, 0) is 4.74 Å². The fourth-order valence-corrected chi connectivity index (χ4v) is 3.61. The van der Waals surface area contributed by atoms with Crippen LogP contribution in [0.2, 0.25) is 0 Å². The molecule has 3 rings (SSSR count). The molecule has 176 valence electrons. The molecule has 0 bridgehead atoms. The summed E-state index contributed by atoms with van der Waals surface area (Å²) in [5.41, 5.74) is 1.27. The molecule has 0 amide bonds. The minimum atomic E-state index is -5.53. The molecule has 1 aromatic rings. The van der Waals surface area contributed by atoms with Gasteiger partial charge in [0, 0.05) is 11.1 Å². The van der Waals surface area contributed by atoms with Gasteiger partial charge in [-0.1, -0.05) is 24.3 Å². The first-order valence-electron chi connectivity index (χ1n) is 10.4. The largest absolute Gasteiger partial charge is 0.454 e. The van der Waals surface area contributed by atoms with Crippen molar-refractivity contribution in [2.75, 3.05) is 32.8 Å². The van der Waals surface area contributed by atoms with Crippen molar-refractivity contribution in [3.8, 4) is 0 Å². The van der Waals surface area contributed by atoms with Gasteiger partial charge in [-0.05, 0) is 45.7 Å². The Bertz CT molecular complexity index is 875. The average Bonchev–Trinajstić information content (AvgIpc) is 2.73. The molecule has 2 heterocycles. The third-order valence-electron chi connectivity index (χ3n) is 5.76. The molecule has 1 unspecified atom stereocenters. The van der Waals surface area contributed by atoms with E-state index in [1.807, 2.05) is 0 Å². The van der Waals surface area contributed by atoms with Gasteiger partial charge in [0.25, 0.3) is 0 Å². The molecule has 0 radical (unpaired) electrons. The molecule has 2 aliphatic rings. The first-order valence-corrected chi connectivity index (χ1v) is 10.4. The van der Waals surface area contributed by atoms with Crippen LogP contribution in [0.15, 0.2) is 34.3 Å². The summed E-state index contributed by atoms with van der Waals surface area (Å²) in [5.74, 6) is -4.66. The van der Waals surface area contributed by atoms with Gasteiger partial charge in [-0.2, -0.15) is 22.0 Å². The first-order chi connectivity index (χ1) is 14.9. The summed E-state index contributed by atoms with van der Waals surface area (Å²) >= 11 is 0. The second kappa shape index (κ2) is 9.35.